The normalized spacial score (nSPS) is 15.6. The van der Waals surface area contributed by atoms with Crippen molar-refractivity contribution in [2.45, 2.75) is 45.8 Å². The number of amides is 2. The van der Waals surface area contributed by atoms with Gasteiger partial charge in [0.25, 0.3) is 0 Å². The van der Waals surface area contributed by atoms with Crippen LogP contribution in [0.4, 0.5) is 5.82 Å². The van der Waals surface area contributed by atoms with Crippen molar-refractivity contribution in [3.05, 3.63) is 66.2 Å². The first-order valence-electron chi connectivity index (χ1n) is 11.5. The average molecular weight is 447 g/mol. The summed E-state index contributed by atoms with van der Waals surface area (Å²) in [6.45, 7) is 5.17. The highest BCUT2D eigenvalue weighted by Crippen LogP contribution is 2.28. The van der Waals surface area contributed by atoms with E-state index in [9.17, 15) is 9.59 Å². The van der Waals surface area contributed by atoms with Crippen molar-refractivity contribution < 1.29 is 14.3 Å². The standard InChI is InChI=1S/C26H30N4O3/c1-3-22(4-2)33-17-18-9-8-10-19(13-18)23-15-24(28-26(32)20-14-25(31)27-16-20)29-30(23)21-11-6-5-7-12-21/h5-13,15,20,22H,3-4,14,16-17H2,1-2H3,(H,27,31)(H,28,29,32)/t20-/m0/s1. The van der Waals surface area contributed by atoms with Crippen LogP contribution in [0.3, 0.4) is 0 Å². The van der Waals surface area contributed by atoms with Gasteiger partial charge in [0.05, 0.1) is 30.0 Å². The quantitative estimate of drug-likeness (QED) is 0.513. The van der Waals surface area contributed by atoms with Gasteiger partial charge in [-0.2, -0.15) is 0 Å². The minimum absolute atomic E-state index is 0.0990. The van der Waals surface area contributed by atoms with Crippen LogP contribution >= 0.6 is 0 Å². The highest BCUT2D eigenvalue weighted by molar-refractivity contribution is 5.97. The van der Waals surface area contributed by atoms with Gasteiger partial charge in [0.2, 0.25) is 11.8 Å². The second-order valence-electron chi connectivity index (χ2n) is 8.31. The minimum atomic E-state index is -0.381. The van der Waals surface area contributed by atoms with Crippen molar-refractivity contribution >= 4 is 17.6 Å². The Labute approximate surface area is 194 Å². The molecule has 0 radical (unpaired) electrons. The summed E-state index contributed by atoms with van der Waals surface area (Å²) in [6, 6.07) is 19.9. The molecule has 1 aliphatic heterocycles. The molecule has 1 aliphatic rings. The molecule has 0 unspecified atom stereocenters. The Balaban J connectivity index is 1.62. The fourth-order valence-corrected chi connectivity index (χ4v) is 3.99. The Morgan fingerprint density at radius 2 is 1.94 bits per heavy atom. The molecule has 2 aromatic carbocycles. The number of ether oxygens (including phenoxy) is 1. The molecule has 172 valence electrons. The van der Waals surface area contributed by atoms with Crippen molar-refractivity contribution in [1.29, 1.82) is 0 Å². The van der Waals surface area contributed by atoms with Gasteiger partial charge in [0.15, 0.2) is 5.82 Å². The number of rotatable bonds is 9. The summed E-state index contributed by atoms with van der Waals surface area (Å²) >= 11 is 0. The summed E-state index contributed by atoms with van der Waals surface area (Å²) in [5, 5.41) is 10.3. The molecule has 1 saturated heterocycles. The zero-order chi connectivity index (χ0) is 23.2. The van der Waals surface area contributed by atoms with E-state index >= 15 is 0 Å². The lowest BCUT2D eigenvalue weighted by Gasteiger charge is -2.14. The van der Waals surface area contributed by atoms with Gasteiger partial charge in [-0.05, 0) is 36.6 Å². The maximum Gasteiger partial charge on any atom is 0.230 e. The van der Waals surface area contributed by atoms with E-state index < -0.39 is 0 Å². The highest BCUT2D eigenvalue weighted by atomic mass is 16.5. The van der Waals surface area contributed by atoms with E-state index in [2.05, 4.69) is 41.7 Å². The van der Waals surface area contributed by atoms with Crippen molar-refractivity contribution in [2.75, 3.05) is 11.9 Å². The average Bonchev–Trinajstić information content (AvgIpc) is 3.47. The van der Waals surface area contributed by atoms with Crippen molar-refractivity contribution in [1.82, 2.24) is 15.1 Å². The van der Waals surface area contributed by atoms with Crippen LogP contribution in [0.1, 0.15) is 38.7 Å². The summed E-state index contributed by atoms with van der Waals surface area (Å²) in [5.41, 5.74) is 3.82. The Kier molecular flexibility index (Phi) is 7.19. The summed E-state index contributed by atoms with van der Waals surface area (Å²) in [7, 11) is 0. The van der Waals surface area contributed by atoms with E-state index in [-0.39, 0.29) is 30.3 Å². The van der Waals surface area contributed by atoms with Gasteiger partial charge in [0, 0.05) is 24.6 Å². The third kappa shape index (κ3) is 5.49. The molecular weight excluding hydrogens is 416 g/mol. The largest absolute Gasteiger partial charge is 0.374 e. The monoisotopic (exact) mass is 446 g/mol. The number of aromatic nitrogens is 2. The molecule has 7 nitrogen and oxygen atoms in total. The summed E-state index contributed by atoms with van der Waals surface area (Å²) in [5.74, 6) is -0.228. The van der Waals surface area contributed by atoms with Crippen molar-refractivity contribution in [3.8, 4) is 16.9 Å². The molecule has 2 amide bonds. The molecule has 1 fully saturated rings. The minimum Gasteiger partial charge on any atom is -0.374 e. The fraction of sp³-hybridized carbons (Fsp3) is 0.346. The van der Waals surface area contributed by atoms with Crippen molar-refractivity contribution in [3.63, 3.8) is 0 Å². The van der Waals surface area contributed by atoms with E-state index in [1.54, 1.807) is 0 Å². The van der Waals surface area contributed by atoms with Crippen LogP contribution in [0, 0.1) is 5.92 Å². The first-order chi connectivity index (χ1) is 16.1. The molecule has 1 aromatic heterocycles. The van der Waals surface area contributed by atoms with Gasteiger partial charge in [-0.25, -0.2) is 4.68 Å². The third-order valence-corrected chi connectivity index (χ3v) is 5.93. The number of nitrogens with one attached hydrogen (secondary N) is 2. The van der Waals surface area contributed by atoms with Crippen molar-refractivity contribution in [2.24, 2.45) is 5.92 Å². The summed E-state index contributed by atoms with van der Waals surface area (Å²) in [4.78, 5) is 24.1. The molecular formula is C26H30N4O3. The molecule has 4 rings (SSSR count). The lowest BCUT2D eigenvalue weighted by Crippen LogP contribution is -2.24. The number of carbonyl (C=O) groups excluding carboxylic acids is 2. The van der Waals surface area contributed by atoms with E-state index in [1.807, 2.05) is 53.2 Å². The Morgan fingerprint density at radius 3 is 2.64 bits per heavy atom. The van der Waals surface area contributed by atoms with E-state index in [1.165, 1.54) is 0 Å². The fourth-order valence-electron chi connectivity index (χ4n) is 3.99. The first kappa shape index (κ1) is 22.7. The molecule has 0 aliphatic carbocycles. The molecule has 0 spiro atoms. The van der Waals surface area contributed by atoms with E-state index in [4.69, 9.17) is 4.74 Å². The van der Waals surface area contributed by atoms with Crippen LogP contribution in [0.25, 0.3) is 16.9 Å². The number of hydrogen-bond acceptors (Lipinski definition) is 4. The maximum atomic E-state index is 12.6. The Morgan fingerprint density at radius 1 is 1.15 bits per heavy atom. The zero-order valence-electron chi connectivity index (χ0n) is 19.1. The van der Waals surface area contributed by atoms with Crippen LogP contribution < -0.4 is 10.6 Å². The van der Waals surface area contributed by atoms with Crippen LogP contribution in [-0.4, -0.2) is 34.2 Å². The smallest absolute Gasteiger partial charge is 0.230 e. The maximum absolute atomic E-state index is 12.6. The molecule has 3 aromatic rings. The highest BCUT2D eigenvalue weighted by Gasteiger charge is 2.28. The lowest BCUT2D eigenvalue weighted by molar-refractivity contribution is -0.123. The number of hydrogen-bond donors (Lipinski definition) is 2. The zero-order valence-corrected chi connectivity index (χ0v) is 19.1. The number of carbonyl (C=O) groups is 2. The lowest BCUT2D eigenvalue weighted by atomic mass is 10.1. The Bertz CT molecular complexity index is 1110. The number of anilines is 1. The second kappa shape index (κ2) is 10.4. The van der Waals surface area contributed by atoms with Crippen LogP contribution in [-0.2, 0) is 20.9 Å². The van der Waals surface area contributed by atoms with Gasteiger partial charge in [-0.3, -0.25) is 9.59 Å². The van der Waals surface area contributed by atoms with Gasteiger partial charge in [-0.15, -0.1) is 5.10 Å². The van der Waals surface area contributed by atoms with Gasteiger partial charge in [0.1, 0.15) is 0 Å². The molecule has 7 heteroatoms. The summed E-state index contributed by atoms with van der Waals surface area (Å²) in [6.07, 6.45) is 2.43. The topological polar surface area (TPSA) is 85.2 Å². The number of benzene rings is 2. The molecule has 0 saturated carbocycles. The second-order valence-corrected chi connectivity index (χ2v) is 8.31. The molecule has 33 heavy (non-hydrogen) atoms. The van der Waals surface area contributed by atoms with Crippen LogP contribution in [0.2, 0.25) is 0 Å². The Hall–Kier alpha value is -3.45. The first-order valence-corrected chi connectivity index (χ1v) is 11.5. The van der Waals surface area contributed by atoms with Gasteiger partial charge in [-0.1, -0.05) is 50.2 Å². The summed E-state index contributed by atoms with van der Waals surface area (Å²) < 4.78 is 7.87. The predicted molar refractivity (Wildman–Crippen MR) is 128 cm³/mol. The number of para-hydroxylation sites is 1. The van der Waals surface area contributed by atoms with Gasteiger partial charge < -0.3 is 15.4 Å². The predicted octanol–water partition coefficient (Wildman–Crippen LogP) is 4.32. The number of nitrogens with zero attached hydrogens (tertiary/aromatic N) is 2. The third-order valence-electron chi connectivity index (χ3n) is 5.93. The van der Waals surface area contributed by atoms with E-state index in [0.29, 0.717) is 19.0 Å². The molecule has 1 atom stereocenters. The van der Waals surface area contributed by atoms with Gasteiger partial charge >= 0.3 is 0 Å². The molecule has 2 heterocycles. The van der Waals surface area contributed by atoms with Crippen LogP contribution in [0.15, 0.2) is 60.7 Å². The van der Waals surface area contributed by atoms with E-state index in [0.717, 1.165) is 35.3 Å². The molecule has 0 bridgehead atoms. The SMILES string of the molecule is CCC(CC)OCc1cccc(-c2cc(NC(=O)[C@@H]3CNC(=O)C3)nn2-c2ccccc2)c1. The molecule has 2 N–H and O–H groups in total. The van der Waals surface area contributed by atoms with Crippen LogP contribution in [0.5, 0.6) is 0 Å².